The maximum Gasteiger partial charge on any atom is 0.335 e. The van der Waals surface area contributed by atoms with E-state index < -0.39 is 7.60 Å². The second-order valence-corrected chi connectivity index (χ2v) is 11.3. The van der Waals surface area contributed by atoms with Gasteiger partial charge in [-0.2, -0.15) is 0 Å². The zero-order chi connectivity index (χ0) is 28.0. The van der Waals surface area contributed by atoms with Crippen molar-refractivity contribution in [2.24, 2.45) is 0 Å². The largest absolute Gasteiger partial charge is 0.350 e. The Morgan fingerprint density at radius 1 is 0.947 bits per heavy atom. The smallest absolute Gasteiger partial charge is 0.335 e. The first-order chi connectivity index (χ1) is 18.2. The number of carbonyl (C=O) groups is 2. The Labute approximate surface area is 228 Å². The molecular formula is C29H44N3O5P. The summed E-state index contributed by atoms with van der Waals surface area (Å²) in [6.45, 7) is 13.6. The summed E-state index contributed by atoms with van der Waals surface area (Å²) in [4.78, 5) is 27.8. The predicted molar refractivity (Wildman–Crippen MR) is 154 cm³/mol. The maximum absolute atomic E-state index is 12.7. The molecule has 0 aliphatic rings. The molecule has 0 aromatic heterocycles. The Bertz CT molecular complexity index is 1050. The molecule has 2 N–H and O–H groups in total. The van der Waals surface area contributed by atoms with Gasteiger partial charge in [-0.05, 0) is 88.6 Å². The predicted octanol–water partition coefficient (Wildman–Crippen LogP) is 5.87. The Kier molecular flexibility index (Phi) is 13.7. The third-order valence-corrected chi connectivity index (χ3v) is 8.26. The Morgan fingerprint density at radius 3 is 2.21 bits per heavy atom. The molecular weight excluding hydrogens is 501 g/mol. The lowest BCUT2D eigenvalue weighted by Crippen LogP contribution is -2.33. The first-order valence-electron chi connectivity index (χ1n) is 13.6. The van der Waals surface area contributed by atoms with Crippen molar-refractivity contribution in [3.63, 3.8) is 0 Å². The van der Waals surface area contributed by atoms with Crippen LogP contribution in [0.4, 0.5) is 5.69 Å². The third kappa shape index (κ3) is 11.1. The van der Waals surface area contributed by atoms with Crippen LogP contribution in [0.15, 0.2) is 48.5 Å². The van der Waals surface area contributed by atoms with Crippen LogP contribution in [0.3, 0.4) is 0 Å². The molecule has 0 spiro atoms. The standard InChI is InChI=1S/C29H44N3O5P/c1-6-32(7-2)19-11-12-23(5)30-29(34)26-14-10-13-25(20-26)21-28(33)31-27-17-15-24(16-18-27)22-38(35,36-8-3)37-9-4/h10,13-18,20,23H,6-9,11-12,19,21-22H2,1-5H3,(H,30,34)(H,31,33). The van der Waals surface area contributed by atoms with Gasteiger partial charge in [-0.3, -0.25) is 14.2 Å². The highest BCUT2D eigenvalue weighted by molar-refractivity contribution is 7.53. The average Bonchev–Trinajstić information content (AvgIpc) is 2.88. The molecule has 9 heteroatoms. The molecule has 38 heavy (non-hydrogen) atoms. The topological polar surface area (TPSA) is 97.0 Å². The summed E-state index contributed by atoms with van der Waals surface area (Å²) < 4.78 is 23.4. The minimum atomic E-state index is -3.19. The fourth-order valence-corrected chi connectivity index (χ4v) is 5.89. The van der Waals surface area contributed by atoms with E-state index in [1.165, 1.54) is 0 Å². The van der Waals surface area contributed by atoms with Crippen molar-refractivity contribution in [1.29, 1.82) is 0 Å². The van der Waals surface area contributed by atoms with E-state index in [4.69, 9.17) is 9.05 Å². The second kappa shape index (κ2) is 16.5. The van der Waals surface area contributed by atoms with E-state index in [0.29, 0.717) is 24.5 Å². The summed E-state index contributed by atoms with van der Waals surface area (Å²) >= 11 is 0. The van der Waals surface area contributed by atoms with Gasteiger partial charge in [0.1, 0.15) is 0 Å². The van der Waals surface area contributed by atoms with Gasteiger partial charge in [-0.25, -0.2) is 0 Å². The number of amides is 2. The van der Waals surface area contributed by atoms with Gasteiger partial charge in [-0.15, -0.1) is 0 Å². The van der Waals surface area contributed by atoms with Crippen molar-refractivity contribution < 1.29 is 23.2 Å². The molecule has 0 bridgehead atoms. The quantitative estimate of drug-likeness (QED) is 0.241. The maximum atomic E-state index is 12.7. The minimum absolute atomic E-state index is 0.0731. The summed E-state index contributed by atoms with van der Waals surface area (Å²) in [5, 5.41) is 5.95. The number of nitrogens with one attached hydrogen (secondary N) is 2. The van der Waals surface area contributed by atoms with Gasteiger partial charge in [0, 0.05) is 17.3 Å². The second-order valence-electron chi connectivity index (χ2n) is 9.27. The normalized spacial score (nSPS) is 12.4. The van der Waals surface area contributed by atoms with E-state index in [0.717, 1.165) is 43.6 Å². The van der Waals surface area contributed by atoms with Gasteiger partial charge < -0.3 is 24.6 Å². The number of rotatable bonds is 17. The highest BCUT2D eigenvalue weighted by atomic mass is 31.2. The number of anilines is 1. The van der Waals surface area contributed by atoms with Crippen molar-refractivity contribution >= 4 is 25.1 Å². The average molecular weight is 546 g/mol. The van der Waals surface area contributed by atoms with E-state index in [2.05, 4.69) is 29.4 Å². The van der Waals surface area contributed by atoms with Crippen LogP contribution in [0.5, 0.6) is 0 Å². The molecule has 8 nitrogen and oxygen atoms in total. The molecule has 2 aromatic carbocycles. The van der Waals surface area contributed by atoms with Gasteiger partial charge in [0.25, 0.3) is 5.91 Å². The van der Waals surface area contributed by atoms with Gasteiger partial charge in [0.15, 0.2) is 0 Å². The van der Waals surface area contributed by atoms with Crippen molar-refractivity contribution in [2.45, 2.75) is 66.1 Å². The summed E-state index contributed by atoms with van der Waals surface area (Å²) in [5.74, 6) is -0.316. The van der Waals surface area contributed by atoms with E-state index in [1.807, 2.05) is 13.0 Å². The zero-order valence-corrected chi connectivity index (χ0v) is 24.4. The SMILES string of the molecule is CCOP(=O)(Cc1ccc(NC(=O)Cc2cccc(C(=O)NC(C)CCCN(CC)CC)c2)cc1)OCC. The first-order valence-corrected chi connectivity index (χ1v) is 15.3. The molecule has 2 rings (SSSR count). The zero-order valence-electron chi connectivity index (χ0n) is 23.5. The molecule has 0 aliphatic carbocycles. The number of nitrogens with zero attached hydrogens (tertiary/aromatic N) is 1. The van der Waals surface area contributed by atoms with Crippen molar-refractivity contribution in [3.8, 4) is 0 Å². The number of hydrogen-bond acceptors (Lipinski definition) is 6. The molecule has 0 aliphatic heterocycles. The molecule has 0 fully saturated rings. The fourth-order valence-electron chi connectivity index (χ4n) is 4.19. The summed E-state index contributed by atoms with van der Waals surface area (Å²) in [6.07, 6.45) is 2.26. The Balaban J connectivity index is 1.88. The van der Waals surface area contributed by atoms with Crippen LogP contribution in [-0.2, 0) is 31.0 Å². The molecule has 0 heterocycles. The molecule has 2 amide bonds. The Morgan fingerprint density at radius 2 is 1.61 bits per heavy atom. The van der Waals surface area contributed by atoms with E-state index >= 15 is 0 Å². The molecule has 2 aromatic rings. The summed E-state index contributed by atoms with van der Waals surface area (Å²) in [5.41, 5.74) is 2.74. The van der Waals surface area contributed by atoms with Gasteiger partial charge in [-0.1, -0.05) is 38.1 Å². The van der Waals surface area contributed by atoms with Crippen molar-refractivity contribution in [3.05, 3.63) is 65.2 Å². The van der Waals surface area contributed by atoms with Crippen molar-refractivity contribution in [1.82, 2.24) is 10.2 Å². The minimum Gasteiger partial charge on any atom is -0.350 e. The van der Waals surface area contributed by atoms with Crippen molar-refractivity contribution in [2.75, 3.05) is 38.2 Å². The fraction of sp³-hybridized carbons (Fsp3) is 0.517. The van der Waals surface area contributed by atoms with Gasteiger partial charge in [0.2, 0.25) is 5.91 Å². The lowest BCUT2D eigenvalue weighted by Gasteiger charge is -2.20. The number of carbonyl (C=O) groups excluding carboxylic acids is 2. The van der Waals surface area contributed by atoms with Crippen LogP contribution in [0.25, 0.3) is 0 Å². The van der Waals surface area contributed by atoms with Crippen LogP contribution in [-0.4, -0.2) is 55.6 Å². The van der Waals surface area contributed by atoms with Gasteiger partial charge >= 0.3 is 7.60 Å². The summed E-state index contributed by atoms with van der Waals surface area (Å²) in [6, 6.07) is 14.4. The Hall–Kier alpha value is -2.51. The van der Waals surface area contributed by atoms with Crippen LogP contribution in [0.2, 0.25) is 0 Å². The number of hydrogen-bond donors (Lipinski definition) is 2. The molecule has 0 saturated heterocycles. The molecule has 1 atom stereocenters. The van der Waals surface area contributed by atoms with Crippen LogP contribution < -0.4 is 10.6 Å². The van der Waals surface area contributed by atoms with Crippen LogP contribution in [0.1, 0.15) is 68.9 Å². The molecule has 1 unspecified atom stereocenters. The molecule has 210 valence electrons. The monoisotopic (exact) mass is 545 g/mol. The van der Waals surface area contributed by atoms with Crippen LogP contribution in [0, 0.1) is 0 Å². The van der Waals surface area contributed by atoms with Gasteiger partial charge in [0.05, 0.1) is 25.8 Å². The lowest BCUT2D eigenvalue weighted by molar-refractivity contribution is -0.115. The first kappa shape index (κ1) is 31.7. The highest BCUT2D eigenvalue weighted by Gasteiger charge is 2.24. The highest BCUT2D eigenvalue weighted by Crippen LogP contribution is 2.51. The molecule has 0 radical (unpaired) electrons. The number of benzene rings is 2. The van der Waals surface area contributed by atoms with E-state index in [1.54, 1.807) is 56.3 Å². The van der Waals surface area contributed by atoms with E-state index in [9.17, 15) is 14.2 Å². The molecule has 0 saturated carbocycles. The lowest BCUT2D eigenvalue weighted by atomic mass is 10.1. The summed E-state index contributed by atoms with van der Waals surface area (Å²) in [7, 11) is -3.19. The van der Waals surface area contributed by atoms with Crippen LogP contribution >= 0.6 is 7.60 Å². The third-order valence-electron chi connectivity index (χ3n) is 6.20. The van der Waals surface area contributed by atoms with E-state index in [-0.39, 0.29) is 30.4 Å².